The van der Waals surface area contributed by atoms with Gasteiger partial charge in [-0.1, -0.05) is 19.9 Å². The van der Waals surface area contributed by atoms with Gasteiger partial charge in [0, 0.05) is 13.5 Å². The predicted octanol–water partition coefficient (Wildman–Crippen LogP) is 1.92. The summed E-state index contributed by atoms with van der Waals surface area (Å²) in [6.07, 6.45) is 3.40. The van der Waals surface area contributed by atoms with Crippen LogP contribution in [-0.2, 0) is 14.3 Å². The Bertz CT molecular complexity index is 154. The smallest absolute Gasteiger partial charge is 0.303 e. The van der Waals surface area contributed by atoms with E-state index in [1.165, 1.54) is 6.92 Å². The van der Waals surface area contributed by atoms with Crippen molar-refractivity contribution in [2.24, 2.45) is 0 Å². The van der Waals surface area contributed by atoms with Crippen LogP contribution in [0.4, 0.5) is 0 Å². The number of carbonyl (C=O) groups is 1. The normalized spacial score (nSPS) is 12.2. The minimum absolute atomic E-state index is 0.302. The molecule has 0 aromatic carbocycles. The minimum atomic E-state index is -0.311. The molecule has 0 aliphatic heterocycles. The Balaban J connectivity index is 3.48. The Hall–Kier alpha value is -0.830. The van der Waals surface area contributed by atoms with Gasteiger partial charge in [0.2, 0.25) is 0 Å². The molecule has 0 saturated heterocycles. The van der Waals surface area contributed by atoms with Crippen LogP contribution in [0.5, 0.6) is 0 Å². The van der Waals surface area contributed by atoms with E-state index >= 15 is 0 Å². The highest BCUT2D eigenvalue weighted by Crippen LogP contribution is 1.97. The highest BCUT2D eigenvalue weighted by molar-refractivity contribution is 5.66. The maximum Gasteiger partial charge on any atom is 0.303 e. The van der Waals surface area contributed by atoms with Crippen LogP contribution in [0.15, 0.2) is 12.7 Å². The first-order chi connectivity index (χ1) is 6.20. The van der Waals surface area contributed by atoms with E-state index in [0.717, 1.165) is 12.8 Å². The number of esters is 1. The summed E-state index contributed by atoms with van der Waals surface area (Å²) in [5.41, 5.74) is 0. The zero-order valence-corrected chi connectivity index (χ0v) is 8.41. The third-order valence-corrected chi connectivity index (χ3v) is 1.50. The standard InChI is InChI=1S/C10H18O3/c1-4-6-7-12-8-10(5-2)13-9(3)11/h5,10H,2,4,6-8H2,1,3H3. The van der Waals surface area contributed by atoms with Crippen molar-refractivity contribution in [3.05, 3.63) is 12.7 Å². The van der Waals surface area contributed by atoms with Crippen LogP contribution in [0.2, 0.25) is 0 Å². The molecular formula is C10H18O3. The molecule has 0 bridgehead atoms. The van der Waals surface area contributed by atoms with Gasteiger partial charge in [-0.05, 0) is 12.5 Å². The molecule has 0 fully saturated rings. The second-order valence-electron chi connectivity index (χ2n) is 2.81. The number of rotatable bonds is 7. The van der Waals surface area contributed by atoms with Crippen molar-refractivity contribution in [3.63, 3.8) is 0 Å². The number of carbonyl (C=O) groups excluding carboxylic acids is 1. The van der Waals surface area contributed by atoms with Crippen LogP contribution in [0.25, 0.3) is 0 Å². The molecule has 0 saturated carbocycles. The lowest BCUT2D eigenvalue weighted by Crippen LogP contribution is -2.20. The van der Waals surface area contributed by atoms with Crippen LogP contribution < -0.4 is 0 Å². The van der Waals surface area contributed by atoms with Gasteiger partial charge in [0.05, 0.1) is 6.61 Å². The quantitative estimate of drug-likeness (QED) is 0.346. The first kappa shape index (κ1) is 12.2. The fourth-order valence-electron chi connectivity index (χ4n) is 0.809. The average Bonchev–Trinajstić information content (AvgIpc) is 2.09. The molecule has 0 rings (SSSR count). The van der Waals surface area contributed by atoms with Gasteiger partial charge >= 0.3 is 5.97 Å². The molecule has 76 valence electrons. The van der Waals surface area contributed by atoms with Crippen molar-refractivity contribution >= 4 is 5.97 Å². The molecule has 0 aliphatic carbocycles. The van der Waals surface area contributed by atoms with Gasteiger partial charge in [-0.2, -0.15) is 0 Å². The number of hydrogen-bond acceptors (Lipinski definition) is 3. The Kier molecular flexibility index (Phi) is 7.30. The fraction of sp³-hybridized carbons (Fsp3) is 0.700. The van der Waals surface area contributed by atoms with E-state index < -0.39 is 0 Å². The first-order valence-corrected chi connectivity index (χ1v) is 4.58. The monoisotopic (exact) mass is 186 g/mol. The third-order valence-electron chi connectivity index (χ3n) is 1.50. The van der Waals surface area contributed by atoms with Crippen LogP contribution in [-0.4, -0.2) is 25.3 Å². The Morgan fingerprint density at radius 2 is 2.31 bits per heavy atom. The molecular weight excluding hydrogens is 168 g/mol. The average molecular weight is 186 g/mol. The van der Waals surface area contributed by atoms with Crippen LogP contribution >= 0.6 is 0 Å². The van der Waals surface area contributed by atoms with Gasteiger partial charge < -0.3 is 9.47 Å². The van der Waals surface area contributed by atoms with Gasteiger partial charge in [-0.3, -0.25) is 4.79 Å². The topological polar surface area (TPSA) is 35.5 Å². The lowest BCUT2D eigenvalue weighted by Gasteiger charge is -2.12. The second kappa shape index (κ2) is 7.80. The molecule has 0 heterocycles. The molecule has 1 unspecified atom stereocenters. The fourth-order valence-corrected chi connectivity index (χ4v) is 0.809. The largest absolute Gasteiger partial charge is 0.456 e. The lowest BCUT2D eigenvalue weighted by atomic mass is 10.3. The first-order valence-electron chi connectivity index (χ1n) is 4.58. The zero-order chi connectivity index (χ0) is 10.1. The second-order valence-corrected chi connectivity index (χ2v) is 2.81. The summed E-state index contributed by atoms with van der Waals surface area (Å²) < 4.78 is 10.2. The van der Waals surface area contributed by atoms with E-state index in [4.69, 9.17) is 9.47 Å². The van der Waals surface area contributed by atoms with Gasteiger partial charge in [0.1, 0.15) is 6.10 Å². The Labute approximate surface area is 79.7 Å². The summed E-state index contributed by atoms with van der Waals surface area (Å²) in [6, 6.07) is 0. The van der Waals surface area contributed by atoms with Gasteiger partial charge in [-0.15, -0.1) is 0 Å². The number of hydrogen-bond donors (Lipinski definition) is 0. The molecule has 0 aromatic rings. The van der Waals surface area contributed by atoms with E-state index in [-0.39, 0.29) is 12.1 Å². The van der Waals surface area contributed by atoms with Crippen LogP contribution in [0, 0.1) is 0 Å². The number of ether oxygens (including phenoxy) is 2. The van der Waals surface area contributed by atoms with E-state index in [9.17, 15) is 4.79 Å². The summed E-state index contributed by atoms with van der Waals surface area (Å²) in [6.45, 7) is 8.15. The van der Waals surface area contributed by atoms with E-state index in [0.29, 0.717) is 13.2 Å². The number of unbranched alkanes of at least 4 members (excludes halogenated alkanes) is 1. The summed E-state index contributed by atoms with van der Waals surface area (Å²) in [4.78, 5) is 10.6. The molecule has 0 aliphatic rings. The summed E-state index contributed by atoms with van der Waals surface area (Å²) in [5.74, 6) is -0.302. The highest BCUT2D eigenvalue weighted by atomic mass is 16.6. The molecule has 0 N–H and O–H groups in total. The van der Waals surface area contributed by atoms with E-state index in [1.807, 2.05) is 0 Å². The lowest BCUT2D eigenvalue weighted by molar-refractivity contribution is -0.146. The Morgan fingerprint density at radius 1 is 1.62 bits per heavy atom. The Morgan fingerprint density at radius 3 is 2.77 bits per heavy atom. The van der Waals surface area contributed by atoms with E-state index in [2.05, 4.69) is 13.5 Å². The van der Waals surface area contributed by atoms with Gasteiger partial charge in [0.25, 0.3) is 0 Å². The highest BCUT2D eigenvalue weighted by Gasteiger charge is 2.06. The van der Waals surface area contributed by atoms with Crippen LogP contribution in [0.1, 0.15) is 26.7 Å². The maximum atomic E-state index is 10.6. The molecule has 3 heteroatoms. The predicted molar refractivity (Wildman–Crippen MR) is 51.5 cm³/mol. The molecule has 3 nitrogen and oxygen atoms in total. The summed E-state index contributed by atoms with van der Waals surface area (Å²) in [7, 11) is 0. The third kappa shape index (κ3) is 7.53. The summed E-state index contributed by atoms with van der Waals surface area (Å²) in [5, 5.41) is 0. The van der Waals surface area contributed by atoms with Crippen molar-refractivity contribution in [2.75, 3.05) is 13.2 Å². The van der Waals surface area contributed by atoms with Crippen molar-refractivity contribution < 1.29 is 14.3 Å². The summed E-state index contributed by atoms with van der Waals surface area (Å²) >= 11 is 0. The molecule has 0 aromatic heterocycles. The SMILES string of the molecule is C=CC(COCCCC)OC(C)=O. The molecule has 1 atom stereocenters. The van der Waals surface area contributed by atoms with Crippen molar-refractivity contribution in [1.82, 2.24) is 0 Å². The van der Waals surface area contributed by atoms with Gasteiger partial charge in [0.15, 0.2) is 0 Å². The van der Waals surface area contributed by atoms with Crippen molar-refractivity contribution in [1.29, 1.82) is 0 Å². The van der Waals surface area contributed by atoms with Gasteiger partial charge in [-0.25, -0.2) is 0 Å². The molecule has 0 amide bonds. The maximum absolute atomic E-state index is 10.6. The van der Waals surface area contributed by atoms with Crippen molar-refractivity contribution in [2.45, 2.75) is 32.8 Å². The molecule has 0 radical (unpaired) electrons. The molecule has 0 spiro atoms. The zero-order valence-electron chi connectivity index (χ0n) is 8.41. The molecule has 13 heavy (non-hydrogen) atoms. The van der Waals surface area contributed by atoms with Crippen LogP contribution in [0.3, 0.4) is 0 Å². The van der Waals surface area contributed by atoms with Crippen molar-refractivity contribution in [3.8, 4) is 0 Å². The van der Waals surface area contributed by atoms with E-state index in [1.54, 1.807) is 6.08 Å². The minimum Gasteiger partial charge on any atom is -0.456 e.